The minimum absolute atomic E-state index is 0.109. The Labute approximate surface area is 155 Å². The quantitative estimate of drug-likeness (QED) is 0.664. The summed E-state index contributed by atoms with van der Waals surface area (Å²) >= 11 is 5.88. The molecule has 6 nitrogen and oxygen atoms in total. The number of aromatic nitrogens is 1. The van der Waals surface area contributed by atoms with Crippen molar-refractivity contribution in [3.63, 3.8) is 0 Å². The van der Waals surface area contributed by atoms with Crippen LogP contribution in [-0.2, 0) is 6.61 Å². The smallest absolute Gasteiger partial charge is 0.251 e. The second-order valence-corrected chi connectivity index (χ2v) is 5.86. The molecule has 7 heteroatoms. The summed E-state index contributed by atoms with van der Waals surface area (Å²) < 4.78 is 11.3. The number of nitrogens with one attached hydrogen (secondary N) is 1. The maximum Gasteiger partial charge on any atom is 0.251 e. The van der Waals surface area contributed by atoms with Gasteiger partial charge in [-0.05, 0) is 42.5 Å². The van der Waals surface area contributed by atoms with E-state index in [1.807, 2.05) is 12.1 Å². The minimum atomic E-state index is -0.273. The SMILES string of the molecule is O=C(NCCO)c1cccc(OCc2ncc(-c3ccc(Cl)cc3)o2)c1. The number of rotatable bonds is 7. The Kier molecular flexibility index (Phi) is 5.88. The first kappa shape index (κ1) is 18.0. The lowest BCUT2D eigenvalue weighted by Crippen LogP contribution is -2.26. The van der Waals surface area contributed by atoms with Crippen LogP contribution in [-0.4, -0.2) is 29.1 Å². The third-order valence-corrected chi connectivity index (χ3v) is 3.79. The lowest BCUT2D eigenvalue weighted by atomic mass is 10.2. The molecule has 26 heavy (non-hydrogen) atoms. The molecule has 0 saturated heterocycles. The van der Waals surface area contributed by atoms with Crippen LogP contribution >= 0.6 is 11.6 Å². The number of aliphatic hydroxyl groups is 1. The van der Waals surface area contributed by atoms with Gasteiger partial charge in [0.15, 0.2) is 12.4 Å². The van der Waals surface area contributed by atoms with Crippen molar-refractivity contribution in [2.24, 2.45) is 0 Å². The maximum absolute atomic E-state index is 11.9. The van der Waals surface area contributed by atoms with Gasteiger partial charge in [0.2, 0.25) is 5.89 Å². The molecule has 3 aromatic rings. The van der Waals surface area contributed by atoms with Crippen LogP contribution in [0, 0.1) is 0 Å². The summed E-state index contributed by atoms with van der Waals surface area (Å²) in [6.45, 7) is 0.227. The summed E-state index contributed by atoms with van der Waals surface area (Å²) in [6.07, 6.45) is 1.63. The number of hydrogen-bond donors (Lipinski definition) is 2. The predicted octanol–water partition coefficient (Wildman–Crippen LogP) is 3.30. The number of carbonyl (C=O) groups is 1. The van der Waals surface area contributed by atoms with Gasteiger partial charge in [-0.15, -0.1) is 0 Å². The lowest BCUT2D eigenvalue weighted by molar-refractivity contribution is 0.0944. The summed E-state index contributed by atoms with van der Waals surface area (Å²) in [5.41, 5.74) is 1.32. The van der Waals surface area contributed by atoms with Crippen molar-refractivity contribution < 1.29 is 19.1 Å². The van der Waals surface area contributed by atoms with Crippen LogP contribution in [0.2, 0.25) is 5.02 Å². The molecule has 134 valence electrons. The van der Waals surface area contributed by atoms with Crippen molar-refractivity contribution >= 4 is 17.5 Å². The number of nitrogens with zero attached hydrogens (tertiary/aromatic N) is 1. The highest BCUT2D eigenvalue weighted by atomic mass is 35.5. The Morgan fingerprint density at radius 1 is 1.23 bits per heavy atom. The van der Waals surface area contributed by atoms with Gasteiger partial charge in [0, 0.05) is 22.7 Å². The molecule has 3 rings (SSSR count). The fourth-order valence-corrected chi connectivity index (χ4v) is 2.39. The third kappa shape index (κ3) is 4.62. The topological polar surface area (TPSA) is 84.6 Å². The number of carbonyl (C=O) groups excluding carboxylic acids is 1. The highest BCUT2D eigenvalue weighted by molar-refractivity contribution is 6.30. The van der Waals surface area contributed by atoms with E-state index in [0.717, 1.165) is 5.56 Å². The summed E-state index contributed by atoms with van der Waals surface area (Å²) in [6, 6.07) is 14.0. The molecule has 0 bridgehead atoms. The highest BCUT2D eigenvalue weighted by Crippen LogP contribution is 2.23. The van der Waals surface area contributed by atoms with Gasteiger partial charge < -0.3 is 19.6 Å². The largest absolute Gasteiger partial charge is 0.484 e. The van der Waals surface area contributed by atoms with Gasteiger partial charge >= 0.3 is 0 Å². The fourth-order valence-electron chi connectivity index (χ4n) is 2.27. The number of hydrogen-bond acceptors (Lipinski definition) is 5. The molecule has 0 fully saturated rings. The standard InChI is InChI=1S/C19H17ClN2O4/c20-15-6-4-13(5-7-15)17-11-22-18(26-17)12-25-16-3-1-2-14(10-16)19(24)21-8-9-23/h1-7,10-11,23H,8-9,12H2,(H,21,24). The molecule has 0 spiro atoms. The molecule has 2 aromatic carbocycles. The Morgan fingerprint density at radius 3 is 2.81 bits per heavy atom. The number of benzene rings is 2. The summed E-state index contributed by atoms with van der Waals surface area (Å²) in [5, 5.41) is 12.0. The van der Waals surface area contributed by atoms with Crippen molar-refractivity contribution in [2.75, 3.05) is 13.2 Å². The average molecular weight is 373 g/mol. The van der Waals surface area contributed by atoms with Crippen LogP contribution in [0.25, 0.3) is 11.3 Å². The molecule has 0 unspecified atom stereocenters. The average Bonchev–Trinajstić information content (AvgIpc) is 3.14. The van der Waals surface area contributed by atoms with Gasteiger partial charge in [-0.2, -0.15) is 0 Å². The normalized spacial score (nSPS) is 10.5. The molecule has 1 aromatic heterocycles. The van der Waals surface area contributed by atoms with Crippen molar-refractivity contribution in [3.05, 3.63) is 71.2 Å². The van der Waals surface area contributed by atoms with Crippen LogP contribution in [0.1, 0.15) is 16.2 Å². The summed E-state index contributed by atoms with van der Waals surface area (Å²) in [4.78, 5) is 16.1. The zero-order valence-corrected chi connectivity index (χ0v) is 14.6. The molecule has 1 heterocycles. The van der Waals surface area contributed by atoms with Crippen LogP contribution in [0.4, 0.5) is 0 Å². The van der Waals surface area contributed by atoms with E-state index in [9.17, 15) is 4.79 Å². The van der Waals surface area contributed by atoms with Gasteiger partial charge in [0.25, 0.3) is 5.91 Å². The zero-order valence-electron chi connectivity index (χ0n) is 13.8. The minimum Gasteiger partial charge on any atom is -0.484 e. The number of aliphatic hydroxyl groups excluding tert-OH is 1. The molecule has 0 aliphatic heterocycles. The number of oxazole rings is 1. The maximum atomic E-state index is 11.9. The summed E-state index contributed by atoms with van der Waals surface area (Å²) in [5.74, 6) is 1.29. The first-order valence-electron chi connectivity index (χ1n) is 7.98. The Hall–Kier alpha value is -2.83. The summed E-state index contributed by atoms with van der Waals surface area (Å²) in [7, 11) is 0. The fraction of sp³-hybridized carbons (Fsp3) is 0.158. The highest BCUT2D eigenvalue weighted by Gasteiger charge is 2.09. The molecular weight excluding hydrogens is 356 g/mol. The van der Waals surface area contributed by atoms with Crippen molar-refractivity contribution in [3.8, 4) is 17.1 Å². The third-order valence-electron chi connectivity index (χ3n) is 3.54. The van der Waals surface area contributed by atoms with Crippen LogP contribution in [0.5, 0.6) is 5.75 Å². The molecule has 2 N–H and O–H groups in total. The lowest BCUT2D eigenvalue weighted by Gasteiger charge is -2.07. The molecule has 0 saturated carbocycles. The first-order valence-corrected chi connectivity index (χ1v) is 8.36. The predicted molar refractivity (Wildman–Crippen MR) is 97.1 cm³/mol. The Bertz CT molecular complexity index is 877. The van der Waals surface area contributed by atoms with Gasteiger partial charge in [-0.25, -0.2) is 4.98 Å². The molecule has 0 atom stereocenters. The second kappa shape index (κ2) is 8.51. The number of halogens is 1. The number of amides is 1. The molecule has 1 amide bonds. The van der Waals surface area contributed by atoms with E-state index < -0.39 is 0 Å². The van der Waals surface area contributed by atoms with Crippen LogP contribution < -0.4 is 10.1 Å². The van der Waals surface area contributed by atoms with Gasteiger partial charge in [0.05, 0.1) is 12.8 Å². The van der Waals surface area contributed by atoms with E-state index in [1.54, 1.807) is 42.6 Å². The Balaban J connectivity index is 1.62. The first-order chi connectivity index (χ1) is 12.7. The Morgan fingerprint density at radius 2 is 2.04 bits per heavy atom. The van der Waals surface area contributed by atoms with Crippen molar-refractivity contribution in [1.82, 2.24) is 10.3 Å². The second-order valence-electron chi connectivity index (χ2n) is 5.42. The molecule has 0 radical (unpaired) electrons. The van der Waals surface area contributed by atoms with Crippen molar-refractivity contribution in [2.45, 2.75) is 6.61 Å². The molecule has 0 aliphatic rings. The van der Waals surface area contributed by atoms with E-state index >= 15 is 0 Å². The molecular formula is C19H17ClN2O4. The van der Waals surface area contributed by atoms with E-state index in [0.29, 0.717) is 28.0 Å². The van der Waals surface area contributed by atoms with E-state index in [2.05, 4.69) is 10.3 Å². The van der Waals surface area contributed by atoms with E-state index in [4.69, 9.17) is 25.9 Å². The van der Waals surface area contributed by atoms with Crippen LogP contribution in [0.15, 0.2) is 59.1 Å². The van der Waals surface area contributed by atoms with Gasteiger partial charge in [-0.1, -0.05) is 17.7 Å². The van der Waals surface area contributed by atoms with Gasteiger partial charge in [-0.3, -0.25) is 4.79 Å². The zero-order chi connectivity index (χ0) is 18.4. The number of ether oxygens (including phenoxy) is 1. The van der Waals surface area contributed by atoms with Crippen molar-refractivity contribution in [1.29, 1.82) is 0 Å². The molecule has 0 aliphatic carbocycles. The monoisotopic (exact) mass is 372 g/mol. The van der Waals surface area contributed by atoms with Crippen LogP contribution in [0.3, 0.4) is 0 Å². The van der Waals surface area contributed by atoms with E-state index in [1.165, 1.54) is 0 Å². The van der Waals surface area contributed by atoms with Gasteiger partial charge in [0.1, 0.15) is 5.75 Å². The van der Waals surface area contributed by atoms with E-state index in [-0.39, 0.29) is 25.7 Å².